The second kappa shape index (κ2) is 2.88. The summed E-state index contributed by atoms with van der Waals surface area (Å²) in [4.78, 5) is 3.12. The Balaban J connectivity index is 0.000000500. The summed E-state index contributed by atoms with van der Waals surface area (Å²) in [6.45, 7) is 0. The summed E-state index contributed by atoms with van der Waals surface area (Å²) in [5, 5.41) is 1.28. The summed E-state index contributed by atoms with van der Waals surface area (Å²) in [7, 11) is 0. The SMILES string of the molecule is [Br-].c1ccc2[nH]ccc2c1. The number of aromatic amines is 1. The molecule has 0 spiro atoms. The van der Waals surface area contributed by atoms with Crippen molar-refractivity contribution in [3.8, 4) is 0 Å². The van der Waals surface area contributed by atoms with E-state index >= 15 is 0 Å². The van der Waals surface area contributed by atoms with Crippen LogP contribution in [0.5, 0.6) is 0 Å². The van der Waals surface area contributed by atoms with E-state index < -0.39 is 0 Å². The maximum atomic E-state index is 3.12. The van der Waals surface area contributed by atoms with Crippen LogP contribution in [0, 0.1) is 0 Å². The molecule has 0 amide bonds. The van der Waals surface area contributed by atoms with Crippen LogP contribution in [0.15, 0.2) is 36.5 Å². The van der Waals surface area contributed by atoms with Gasteiger partial charge in [-0.05, 0) is 17.5 Å². The zero-order valence-electron chi connectivity index (χ0n) is 5.34. The molecule has 0 aliphatic heterocycles. The predicted octanol–water partition coefficient (Wildman–Crippen LogP) is -0.828. The number of hydrogen-bond donors (Lipinski definition) is 1. The van der Waals surface area contributed by atoms with Crippen molar-refractivity contribution in [1.29, 1.82) is 0 Å². The van der Waals surface area contributed by atoms with Crippen LogP contribution >= 0.6 is 0 Å². The summed E-state index contributed by atoms with van der Waals surface area (Å²) >= 11 is 0. The number of aromatic nitrogens is 1. The van der Waals surface area contributed by atoms with Crippen LogP contribution in [0.3, 0.4) is 0 Å². The molecule has 0 saturated carbocycles. The van der Waals surface area contributed by atoms with Gasteiger partial charge in [0.2, 0.25) is 0 Å². The fraction of sp³-hybridized carbons (Fsp3) is 0. The average molecular weight is 197 g/mol. The van der Waals surface area contributed by atoms with Crippen molar-refractivity contribution >= 4 is 10.9 Å². The van der Waals surface area contributed by atoms with Gasteiger partial charge in [-0.15, -0.1) is 0 Å². The second-order valence-electron chi connectivity index (χ2n) is 2.06. The molecule has 1 N–H and O–H groups in total. The second-order valence-corrected chi connectivity index (χ2v) is 2.06. The van der Waals surface area contributed by atoms with E-state index in [2.05, 4.69) is 23.2 Å². The first-order chi connectivity index (χ1) is 4.47. The third-order valence-corrected chi connectivity index (χ3v) is 1.46. The van der Waals surface area contributed by atoms with E-state index in [0.29, 0.717) is 0 Å². The zero-order chi connectivity index (χ0) is 6.10. The Hall–Kier alpha value is -0.760. The van der Waals surface area contributed by atoms with Crippen molar-refractivity contribution in [2.24, 2.45) is 0 Å². The fourth-order valence-corrected chi connectivity index (χ4v) is 0.995. The summed E-state index contributed by atoms with van der Waals surface area (Å²) in [6.07, 6.45) is 1.95. The first kappa shape index (κ1) is 7.35. The van der Waals surface area contributed by atoms with Gasteiger partial charge >= 0.3 is 0 Å². The van der Waals surface area contributed by atoms with Crippen molar-refractivity contribution in [3.63, 3.8) is 0 Å². The largest absolute Gasteiger partial charge is 1.00 e. The van der Waals surface area contributed by atoms with E-state index in [1.807, 2.05) is 18.3 Å². The van der Waals surface area contributed by atoms with Gasteiger partial charge in [-0.2, -0.15) is 0 Å². The molecule has 0 aliphatic rings. The van der Waals surface area contributed by atoms with Crippen LogP contribution in [0.4, 0.5) is 0 Å². The van der Waals surface area contributed by atoms with E-state index in [1.54, 1.807) is 0 Å². The molecule has 0 saturated heterocycles. The number of halogens is 1. The van der Waals surface area contributed by atoms with Crippen LogP contribution in [-0.4, -0.2) is 4.98 Å². The third kappa shape index (κ3) is 1.07. The lowest BCUT2D eigenvalue weighted by atomic mass is 10.3. The number of fused-ring (bicyclic) bond motifs is 1. The topological polar surface area (TPSA) is 15.8 Å². The standard InChI is InChI=1S/C8H7N.BrH/c1-2-4-8-7(3-1)5-6-9-8;/h1-6,9H;1H/p-1. The molecule has 52 valence electrons. The lowest BCUT2D eigenvalue weighted by molar-refractivity contribution is -0.00000181. The Kier molecular flexibility index (Phi) is 2.12. The molecule has 1 heterocycles. The molecule has 1 nitrogen and oxygen atoms in total. The molecule has 0 atom stereocenters. The Morgan fingerprint density at radius 2 is 1.80 bits per heavy atom. The van der Waals surface area contributed by atoms with E-state index in [4.69, 9.17) is 0 Å². The van der Waals surface area contributed by atoms with Crippen LogP contribution in [0.25, 0.3) is 10.9 Å². The highest BCUT2D eigenvalue weighted by Gasteiger charge is 1.86. The van der Waals surface area contributed by atoms with Crippen molar-refractivity contribution in [1.82, 2.24) is 4.98 Å². The maximum Gasteiger partial charge on any atom is 0.0453 e. The molecule has 0 unspecified atom stereocenters. The highest BCUT2D eigenvalue weighted by molar-refractivity contribution is 5.78. The van der Waals surface area contributed by atoms with Gasteiger partial charge in [0, 0.05) is 11.7 Å². The molecule has 0 radical (unpaired) electrons. The number of rotatable bonds is 0. The summed E-state index contributed by atoms with van der Waals surface area (Å²) in [6, 6.07) is 10.3. The van der Waals surface area contributed by atoms with Gasteiger partial charge in [-0.1, -0.05) is 18.2 Å². The molecule has 0 bridgehead atoms. The van der Waals surface area contributed by atoms with Gasteiger partial charge in [0.15, 0.2) is 0 Å². The summed E-state index contributed by atoms with van der Waals surface area (Å²) in [5.41, 5.74) is 1.21. The number of nitrogens with one attached hydrogen (secondary N) is 1. The van der Waals surface area contributed by atoms with Crippen molar-refractivity contribution in [2.75, 3.05) is 0 Å². The third-order valence-electron chi connectivity index (χ3n) is 1.46. The van der Waals surface area contributed by atoms with E-state index in [9.17, 15) is 0 Å². The minimum absolute atomic E-state index is 0. The molecule has 2 rings (SSSR count). The van der Waals surface area contributed by atoms with E-state index in [-0.39, 0.29) is 17.0 Å². The first-order valence-corrected chi connectivity index (χ1v) is 2.99. The number of para-hydroxylation sites is 1. The smallest absolute Gasteiger partial charge is 0.0453 e. The van der Waals surface area contributed by atoms with E-state index in [0.717, 1.165) is 0 Å². The monoisotopic (exact) mass is 196 g/mol. The summed E-state index contributed by atoms with van der Waals surface area (Å²) < 4.78 is 0. The Labute approximate surface area is 69.8 Å². The van der Waals surface area contributed by atoms with E-state index in [1.165, 1.54) is 10.9 Å². The zero-order valence-corrected chi connectivity index (χ0v) is 6.93. The van der Waals surface area contributed by atoms with Gasteiger partial charge in [-0.25, -0.2) is 0 Å². The number of benzene rings is 1. The first-order valence-electron chi connectivity index (χ1n) is 2.99. The van der Waals surface area contributed by atoms with Crippen LogP contribution in [0.2, 0.25) is 0 Å². The van der Waals surface area contributed by atoms with Crippen LogP contribution in [0.1, 0.15) is 0 Å². The Bertz CT molecular complexity index is 283. The Morgan fingerprint density at radius 1 is 1.00 bits per heavy atom. The quantitative estimate of drug-likeness (QED) is 0.567. The van der Waals surface area contributed by atoms with Crippen LogP contribution < -0.4 is 17.0 Å². The molecular formula is C8H7BrN-. The average Bonchev–Trinajstić information content (AvgIpc) is 2.33. The van der Waals surface area contributed by atoms with Gasteiger partial charge < -0.3 is 22.0 Å². The molecule has 0 aliphatic carbocycles. The normalized spacial score (nSPS) is 9.20. The van der Waals surface area contributed by atoms with Gasteiger partial charge in [0.25, 0.3) is 0 Å². The molecular weight excluding hydrogens is 190 g/mol. The van der Waals surface area contributed by atoms with Crippen molar-refractivity contribution in [2.45, 2.75) is 0 Å². The van der Waals surface area contributed by atoms with Gasteiger partial charge in [-0.3, -0.25) is 0 Å². The number of H-pyrrole nitrogens is 1. The minimum Gasteiger partial charge on any atom is -1.00 e. The molecule has 2 heteroatoms. The lowest BCUT2D eigenvalue weighted by Gasteiger charge is -1.83. The summed E-state index contributed by atoms with van der Waals surface area (Å²) in [5.74, 6) is 0. The van der Waals surface area contributed by atoms with Gasteiger partial charge in [0.05, 0.1) is 0 Å². The van der Waals surface area contributed by atoms with Crippen molar-refractivity contribution < 1.29 is 17.0 Å². The molecule has 10 heavy (non-hydrogen) atoms. The molecule has 2 aromatic rings. The highest BCUT2D eigenvalue weighted by atomic mass is 79.9. The molecule has 1 aromatic heterocycles. The number of hydrogen-bond acceptors (Lipinski definition) is 0. The minimum atomic E-state index is 0. The lowest BCUT2D eigenvalue weighted by Crippen LogP contribution is -3.00. The highest BCUT2D eigenvalue weighted by Crippen LogP contribution is 2.09. The van der Waals surface area contributed by atoms with Gasteiger partial charge in [0.1, 0.15) is 0 Å². The Morgan fingerprint density at radius 3 is 2.60 bits per heavy atom. The molecule has 1 aromatic carbocycles. The predicted molar refractivity (Wildman–Crippen MR) is 38.3 cm³/mol. The maximum absolute atomic E-state index is 3.12. The molecule has 0 fully saturated rings. The van der Waals surface area contributed by atoms with Crippen molar-refractivity contribution in [3.05, 3.63) is 36.5 Å². The fourth-order valence-electron chi connectivity index (χ4n) is 0.995. The van der Waals surface area contributed by atoms with Crippen LogP contribution in [-0.2, 0) is 0 Å².